The first-order chi connectivity index (χ1) is 8.59. The van der Waals surface area contributed by atoms with Crippen molar-refractivity contribution in [1.82, 2.24) is 5.32 Å². The predicted octanol–water partition coefficient (Wildman–Crippen LogP) is 3.96. The van der Waals surface area contributed by atoms with Crippen LogP contribution in [0.4, 0.5) is 4.39 Å². The van der Waals surface area contributed by atoms with Crippen LogP contribution in [0.2, 0.25) is 10.0 Å². The largest absolute Gasteiger partial charge is 0.381 e. The number of ether oxygens (including phenoxy) is 1. The normalized spacial score (nSPS) is 18.9. The number of benzene rings is 1. The summed E-state index contributed by atoms with van der Waals surface area (Å²) >= 11 is 12.1. The van der Waals surface area contributed by atoms with Crippen molar-refractivity contribution in [2.45, 2.75) is 31.8 Å². The first-order valence-corrected chi connectivity index (χ1v) is 6.82. The SMILES string of the molecule is CC(NC1CCOCC1)c1c(Cl)ccc(F)c1Cl. The maximum atomic E-state index is 13.5. The van der Waals surface area contributed by atoms with Crippen LogP contribution in [0, 0.1) is 5.82 Å². The maximum absolute atomic E-state index is 13.5. The first-order valence-electron chi connectivity index (χ1n) is 6.06. The molecule has 1 fully saturated rings. The summed E-state index contributed by atoms with van der Waals surface area (Å²) in [6.07, 6.45) is 1.91. The van der Waals surface area contributed by atoms with E-state index in [0.717, 1.165) is 26.1 Å². The number of rotatable bonds is 3. The van der Waals surface area contributed by atoms with Crippen LogP contribution in [0.25, 0.3) is 0 Å². The highest BCUT2D eigenvalue weighted by Crippen LogP contribution is 2.32. The van der Waals surface area contributed by atoms with E-state index in [0.29, 0.717) is 16.6 Å². The van der Waals surface area contributed by atoms with Crippen molar-refractivity contribution in [3.8, 4) is 0 Å². The van der Waals surface area contributed by atoms with Crippen molar-refractivity contribution in [2.75, 3.05) is 13.2 Å². The van der Waals surface area contributed by atoms with E-state index in [2.05, 4.69) is 5.32 Å². The van der Waals surface area contributed by atoms with E-state index in [1.165, 1.54) is 6.07 Å². The molecule has 1 unspecified atom stereocenters. The lowest BCUT2D eigenvalue weighted by atomic mass is 10.0. The van der Waals surface area contributed by atoms with E-state index < -0.39 is 5.82 Å². The summed E-state index contributed by atoms with van der Waals surface area (Å²) in [4.78, 5) is 0. The van der Waals surface area contributed by atoms with Gasteiger partial charge in [-0.2, -0.15) is 0 Å². The van der Waals surface area contributed by atoms with Crippen LogP contribution in [0.1, 0.15) is 31.4 Å². The molecule has 1 aliphatic heterocycles. The van der Waals surface area contributed by atoms with Crippen LogP contribution in [-0.2, 0) is 4.74 Å². The fourth-order valence-electron chi connectivity index (χ4n) is 2.24. The van der Waals surface area contributed by atoms with Gasteiger partial charge >= 0.3 is 0 Å². The predicted molar refractivity (Wildman–Crippen MR) is 71.8 cm³/mol. The molecule has 1 N–H and O–H groups in total. The summed E-state index contributed by atoms with van der Waals surface area (Å²) in [6.45, 7) is 3.46. The zero-order valence-corrected chi connectivity index (χ0v) is 11.7. The Hall–Kier alpha value is -0.350. The second kappa shape index (κ2) is 6.20. The van der Waals surface area contributed by atoms with E-state index in [9.17, 15) is 4.39 Å². The zero-order valence-electron chi connectivity index (χ0n) is 10.2. The van der Waals surface area contributed by atoms with Crippen LogP contribution in [-0.4, -0.2) is 19.3 Å². The quantitative estimate of drug-likeness (QED) is 0.851. The van der Waals surface area contributed by atoms with Crippen LogP contribution in [0.3, 0.4) is 0 Å². The average Bonchev–Trinajstić information content (AvgIpc) is 2.36. The molecule has 5 heteroatoms. The minimum Gasteiger partial charge on any atom is -0.381 e. The molecule has 1 atom stereocenters. The Morgan fingerprint density at radius 1 is 1.33 bits per heavy atom. The van der Waals surface area contributed by atoms with Gasteiger partial charge in [-0.25, -0.2) is 4.39 Å². The van der Waals surface area contributed by atoms with E-state index in [1.54, 1.807) is 6.07 Å². The van der Waals surface area contributed by atoms with Crippen molar-refractivity contribution in [3.05, 3.63) is 33.6 Å². The third kappa shape index (κ3) is 3.15. The Labute approximate surface area is 116 Å². The smallest absolute Gasteiger partial charge is 0.142 e. The van der Waals surface area contributed by atoms with E-state index in [1.807, 2.05) is 6.92 Å². The van der Waals surface area contributed by atoms with Gasteiger partial charge in [0.15, 0.2) is 0 Å². The molecule has 0 amide bonds. The topological polar surface area (TPSA) is 21.3 Å². The van der Waals surface area contributed by atoms with Crippen molar-refractivity contribution >= 4 is 23.2 Å². The van der Waals surface area contributed by atoms with E-state index in [-0.39, 0.29) is 11.1 Å². The molecule has 100 valence electrons. The molecule has 1 aromatic carbocycles. The Morgan fingerprint density at radius 2 is 2.00 bits per heavy atom. The monoisotopic (exact) mass is 291 g/mol. The summed E-state index contributed by atoms with van der Waals surface area (Å²) < 4.78 is 18.8. The molecule has 2 nitrogen and oxygen atoms in total. The number of nitrogens with one attached hydrogen (secondary N) is 1. The molecular formula is C13H16Cl2FNO. The molecule has 0 spiro atoms. The van der Waals surface area contributed by atoms with Gasteiger partial charge in [0.1, 0.15) is 5.82 Å². The molecule has 1 aromatic rings. The highest BCUT2D eigenvalue weighted by molar-refractivity contribution is 6.36. The minimum absolute atomic E-state index is 0.0798. The maximum Gasteiger partial charge on any atom is 0.142 e. The average molecular weight is 292 g/mol. The van der Waals surface area contributed by atoms with E-state index in [4.69, 9.17) is 27.9 Å². The Balaban J connectivity index is 2.12. The molecule has 0 radical (unpaired) electrons. The molecule has 0 aromatic heterocycles. The van der Waals surface area contributed by atoms with Crippen LogP contribution in [0.15, 0.2) is 12.1 Å². The lowest BCUT2D eigenvalue weighted by molar-refractivity contribution is 0.0754. The van der Waals surface area contributed by atoms with Crippen LogP contribution in [0.5, 0.6) is 0 Å². The number of halogens is 3. The van der Waals surface area contributed by atoms with Gasteiger partial charge in [-0.1, -0.05) is 23.2 Å². The molecule has 0 aliphatic carbocycles. The third-order valence-electron chi connectivity index (χ3n) is 3.22. The Bertz CT molecular complexity index is 422. The fourth-order valence-corrected chi connectivity index (χ4v) is 2.94. The third-order valence-corrected chi connectivity index (χ3v) is 3.93. The molecule has 0 bridgehead atoms. The Kier molecular flexibility index (Phi) is 4.84. The molecule has 2 rings (SSSR count). The van der Waals surface area contributed by atoms with Gasteiger partial charge in [0.05, 0.1) is 5.02 Å². The molecule has 1 aliphatic rings. The minimum atomic E-state index is -0.434. The second-order valence-electron chi connectivity index (χ2n) is 4.53. The lowest BCUT2D eigenvalue weighted by Crippen LogP contribution is -2.36. The van der Waals surface area contributed by atoms with Crippen molar-refractivity contribution in [2.24, 2.45) is 0 Å². The lowest BCUT2D eigenvalue weighted by Gasteiger charge is -2.27. The summed E-state index contributed by atoms with van der Waals surface area (Å²) in [7, 11) is 0. The number of hydrogen-bond donors (Lipinski definition) is 1. The standard InChI is InChI=1S/C13H16Cl2FNO/c1-8(17-9-4-6-18-7-5-9)12-10(14)2-3-11(16)13(12)15/h2-3,8-9,17H,4-7H2,1H3. The van der Waals surface area contributed by atoms with Gasteiger partial charge in [-0.05, 0) is 31.9 Å². The molecular weight excluding hydrogens is 276 g/mol. The van der Waals surface area contributed by atoms with Gasteiger partial charge in [0, 0.05) is 35.9 Å². The Morgan fingerprint density at radius 3 is 2.67 bits per heavy atom. The first kappa shape index (κ1) is 14.1. The number of hydrogen-bond acceptors (Lipinski definition) is 2. The highest BCUT2D eigenvalue weighted by atomic mass is 35.5. The molecule has 0 saturated carbocycles. The fraction of sp³-hybridized carbons (Fsp3) is 0.538. The van der Waals surface area contributed by atoms with Gasteiger partial charge in [0.25, 0.3) is 0 Å². The second-order valence-corrected chi connectivity index (χ2v) is 5.32. The van der Waals surface area contributed by atoms with Crippen LogP contribution >= 0.6 is 23.2 Å². The molecule has 1 heterocycles. The van der Waals surface area contributed by atoms with Gasteiger partial charge < -0.3 is 10.1 Å². The molecule has 1 saturated heterocycles. The summed E-state index contributed by atoms with van der Waals surface area (Å²) in [5.41, 5.74) is 0.629. The van der Waals surface area contributed by atoms with Gasteiger partial charge in [-0.3, -0.25) is 0 Å². The zero-order chi connectivity index (χ0) is 13.1. The molecule has 18 heavy (non-hydrogen) atoms. The van der Waals surface area contributed by atoms with E-state index >= 15 is 0 Å². The van der Waals surface area contributed by atoms with Crippen molar-refractivity contribution in [3.63, 3.8) is 0 Å². The summed E-state index contributed by atoms with van der Waals surface area (Å²) in [5, 5.41) is 4.03. The van der Waals surface area contributed by atoms with Crippen LogP contribution < -0.4 is 5.32 Å². The highest BCUT2D eigenvalue weighted by Gasteiger charge is 2.21. The van der Waals surface area contributed by atoms with Crippen molar-refractivity contribution in [1.29, 1.82) is 0 Å². The van der Waals surface area contributed by atoms with Gasteiger partial charge in [0.2, 0.25) is 0 Å². The van der Waals surface area contributed by atoms with Gasteiger partial charge in [-0.15, -0.1) is 0 Å². The summed E-state index contributed by atoms with van der Waals surface area (Å²) in [6, 6.07) is 3.11. The summed E-state index contributed by atoms with van der Waals surface area (Å²) in [5.74, 6) is -0.434. The van der Waals surface area contributed by atoms with Crippen molar-refractivity contribution < 1.29 is 9.13 Å².